The van der Waals surface area contributed by atoms with Crippen LogP contribution in [-0.2, 0) is 22.9 Å². The van der Waals surface area contributed by atoms with Gasteiger partial charge in [0, 0.05) is 0 Å². The van der Waals surface area contributed by atoms with Crippen LogP contribution in [0.5, 0.6) is 0 Å². The molecule has 0 spiro atoms. The van der Waals surface area contributed by atoms with Crippen molar-refractivity contribution in [2.45, 2.75) is 65.3 Å². The van der Waals surface area contributed by atoms with Crippen molar-refractivity contribution < 1.29 is 33.1 Å². The van der Waals surface area contributed by atoms with E-state index in [9.17, 15) is 14.8 Å². The van der Waals surface area contributed by atoms with Gasteiger partial charge in [0.15, 0.2) is 11.5 Å². The minimum atomic E-state index is -3.92. The summed E-state index contributed by atoms with van der Waals surface area (Å²) in [7, 11) is -3.92. The molecule has 0 aromatic carbocycles. The van der Waals surface area contributed by atoms with E-state index in [0.29, 0.717) is 5.52 Å². The first-order valence-electron chi connectivity index (χ1n) is 10.1. The van der Waals surface area contributed by atoms with Crippen LogP contribution in [0.2, 0.25) is 5.28 Å². The number of imidazole rings is 1. The lowest BCUT2D eigenvalue weighted by Crippen LogP contribution is -2.41. The van der Waals surface area contributed by atoms with Gasteiger partial charge in [0.2, 0.25) is 5.28 Å². The molecule has 1 fully saturated rings. The third kappa shape index (κ3) is 4.92. The molecule has 3 heterocycles. The Bertz CT molecular complexity index is 991. The Morgan fingerprint density at radius 3 is 2.50 bits per heavy atom. The largest absolute Gasteiger partial charge is 0.475 e. The van der Waals surface area contributed by atoms with Crippen LogP contribution in [0, 0.1) is 5.41 Å². The second kappa shape index (κ2) is 9.47. The molecular formula is C18H29ClN5O7P. The summed E-state index contributed by atoms with van der Waals surface area (Å²) in [6.07, 6.45) is -2.51. The molecule has 4 atom stereocenters. The molecular weight excluding hydrogens is 465 g/mol. The number of aliphatic hydroxyl groups is 2. The molecule has 2 aromatic heterocycles. The summed E-state index contributed by atoms with van der Waals surface area (Å²) in [6.45, 7) is 7.67. The molecule has 0 bridgehead atoms. The van der Waals surface area contributed by atoms with E-state index < -0.39 is 50.5 Å². The van der Waals surface area contributed by atoms with E-state index in [2.05, 4.69) is 15.0 Å². The Morgan fingerprint density at radius 1 is 1.31 bits per heavy atom. The van der Waals surface area contributed by atoms with Crippen molar-refractivity contribution in [3.05, 3.63) is 11.6 Å². The van der Waals surface area contributed by atoms with Gasteiger partial charge in [-0.1, -0.05) is 6.92 Å². The lowest BCUT2D eigenvalue weighted by atomic mass is 9.83. The van der Waals surface area contributed by atoms with Crippen LogP contribution in [0.1, 0.15) is 40.8 Å². The molecule has 1 aliphatic heterocycles. The van der Waals surface area contributed by atoms with E-state index in [0.717, 1.165) is 0 Å². The number of phosphoric ester groups is 1. The van der Waals surface area contributed by atoms with Crippen LogP contribution in [0.25, 0.3) is 11.2 Å². The molecule has 0 unspecified atom stereocenters. The topological polar surface area (TPSA) is 164 Å². The van der Waals surface area contributed by atoms with Gasteiger partial charge < -0.3 is 20.7 Å². The normalized spacial score (nSPS) is 26.6. The van der Waals surface area contributed by atoms with Gasteiger partial charge in [-0.2, -0.15) is 9.97 Å². The number of halogens is 1. The number of fused-ring (bicyclic) bond motifs is 1. The quantitative estimate of drug-likeness (QED) is 0.346. The average Bonchev–Trinajstić information content (AvgIpc) is 3.19. The molecule has 32 heavy (non-hydrogen) atoms. The summed E-state index contributed by atoms with van der Waals surface area (Å²) in [4.78, 5) is 12.2. The molecule has 0 radical (unpaired) electrons. The predicted molar refractivity (Wildman–Crippen MR) is 116 cm³/mol. The van der Waals surface area contributed by atoms with Gasteiger partial charge in [-0.05, 0) is 39.3 Å². The SMILES string of the molecule is CC(C)OP(=O)(OC[C@H]1O[C@@H](n2cnc3c(N)nc(Cl)nc32)[C@](C)(CO)[C@@H]1O)OC(C)C. The number of hydrogen-bond acceptors (Lipinski definition) is 11. The first kappa shape index (κ1) is 25.3. The zero-order chi connectivity index (χ0) is 23.8. The summed E-state index contributed by atoms with van der Waals surface area (Å²) in [5.74, 6) is 0.0838. The van der Waals surface area contributed by atoms with E-state index in [-0.39, 0.29) is 23.4 Å². The number of rotatable bonds is 9. The van der Waals surface area contributed by atoms with Crippen LogP contribution in [-0.4, -0.2) is 67.4 Å². The zero-order valence-electron chi connectivity index (χ0n) is 18.5. The van der Waals surface area contributed by atoms with Crippen molar-refractivity contribution in [3.63, 3.8) is 0 Å². The lowest BCUT2D eigenvalue weighted by molar-refractivity contribution is -0.0616. The van der Waals surface area contributed by atoms with Gasteiger partial charge in [0.05, 0.1) is 43.3 Å². The maximum absolute atomic E-state index is 13.0. The number of aliphatic hydroxyl groups excluding tert-OH is 2. The molecule has 14 heteroatoms. The van der Waals surface area contributed by atoms with Crippen molar-refractivity contribution in [1.82, 2.24) is 19.5 Å². The highest BCUT2D eigenvalue weighted by molar-refractivity contribution is 7.48. The van der Waals surface area contributed by atoms with E-state index in [1.54, 1.807) is 34.6 Å². The first-order chi connectivity index (χ1) is 14.9. The highest BCUT2D eigenvalue weighted by atomic mass is 35.5. The van der Waals surface area contributed by atoms with Crippen LogP contribution < -0.4 is 5.73 Å². The smallest absolute Gasteiger partial charge is 0.396 e. The summed E-state index contributed by atoms with van der Waals surface area (Å²) >= 11 is 5.94. The Kier molecular flexibility index (Phi) is 7.48. The molecule has 4 N–H and O–H groups in total. The summed E-state index contributed by atoms with van der Waals surface area (Å²) < 4.78 is 36.7. The number of nitrogens with zero attached hydrogens (tertiary/aromatic N) is 4. The Labute approximate surface area is 190 Å². The van der Waals surface area contributed by atoms with Crippen molar-refractivity contribution in [2.24, 2.45) is 5.41 Å². The van der Waals surface area contributed by atoms with Crippen molar-refractivity contribution >= 4 is 36.4 Å². The molecule has 180 valence electrons. The van der Waals surface area contributed by atoms with Crippen molar-refractivity contribution in [2.75, 3.05) is 18.9 Å². The fraction of sp³-hybridized carbons (Fsp3) is 0.722. The molecule has 12 nitrogen and oxygen atoms in total. The summed E-state index contributed by atoms with van der Waals surface area (Å²) in [5.41, 5.74) is 5.26. The number of phosphoric acid groups is 1. The number of anilines is 1. The minimum Gasteiger partial charge on any atom is -0.396 e. The van der Waals surface area contributed by atoms with Gasteiger partial charge in [-0.3, -0.25) is 18.1 Å². The highest BCUT2D eigenvalue weighted by Crippen LogP contribution is 2.53. The van der Waals surface area contributed by atoms with Gasteiger partial charge in [-0.15, -0.1) is 0 Å². The Hall–Kier alpha value is -1.37. The van der Waals surface area contributed by atoms with E-state index in [1.165, 1.54) is 10.9 Å². The fourth-order valence-corrected chi connectivity index (χ4v) is 5.21. The molecule has 1 saturated heterocycles. The standard InChI is InChI=1S/C18H29ClN5O7P/c1-9(2)30-32(27,31-10(3)4)28-6-11-13(26)18(5,7-25)16(29-11)24-8-21-12-14(20)22-17(19)23-15(12)24/h8-11,13,16,25-26H,6-7H2,1-5H3,(H2,20,22,23)/t11-,13-,16-,18-/m1/s1. The number of ether oxygens (including phenoxy) is 1. The maximum Gasteiger partial charge on any atom is 0.475 e. The van der Waals surface area contributed by atoms with Crippen LogP contribution in [0.3, 0.4) is 0 Å². The summed E-state index contributed by atoms with van der Waals surface area (Å²) in [6, 6.07) is 0. The second-order valence-electron chi connectivity index (χ2n) is 8.39. The van der Waals surface area contributed by atoms with Crippen molar-refractivity contribution in [1.29, 1.82) is 0 Å². The maximum atomic E-state index is 13.0. The predicted octanol–water partition coefficient (Wildman–Crippen LogP) is 2.29. The average molecular weight is 494 g/mol. The monoisotopic (exact) mass is 493 g/mol. The molecule has 0 saturated carbocycles. The van der Waals surface area contributed by atoms with E-state index in [4.69, 9.17) is 35.6 Å². The first-order valence-corrected chi connectivity index (χ1v) is 12.0. The summed E-state index contributed by atoms with van der Waals surface area (Å²) in [5, 5.41) is 21.0. The highest BCUT2D eigenvalue weighted by Gasteiger charge is 2.54. The second-order valence-corrected chi connectivity index (χ2v) is 10.3. The molecule has 0 amide bonds. The molecule has 3 rings (SSSR count). The lowest BCUT2D eigenvalue weighted by Gasteiger charge is -2.31. The Balaban J connectivity index is 1.88. The zero-order valence-corrected chi connectivity index (χ0v) is 20.2. The van der Waals surface area contributed by atoms with E-state index >= 15 is 0 Å². The van der Waals surface area contributed by atoms with E-state index in [1.807, 2.05) is 0 Å². The number of nitrogen functional groups attached to an aromatic ring is 1. The molecule has 0 aliphatic carbocycles. The minimum absolute atomic E-state index is 0.0838. The molecule has 2 aromatic rings. The van der Waals surface area contributed by atoms with Crippen LogP contribution >= 0.6 is 19.4 Å². The van der Waals surface area contributed by atoms with Gasteiger partial charge in [0.25, 0.3) is 0 Å². The fourth-order valence-electron chi connectivity index (χ4n) is 3.50. The van der Waals surface area contributed by atoms with Crippen LogP contribution in [0.4, 0.5) is 5.82 Å². The van der Waals surface area contributed by atoms with Gasteiger partial charge in [0.1, 0.15) is 17.8 Å². The third-order valence-electron chi connectivity index (χ3n) is 4.99. The number of aromatic nitrogens is 4. The molecule has 1 aliphatic rings. The van der Waals surface area contributed by atoms with Gasteiger partial charge >= 0.3 is 7.82 Å². The number of hydrogen-bond donors (Lipinski definition) is 3. The number of nitrogens with two attached hydrogens (primary N) is 1. The van der Waals surface area contributed by atoms with Crippen molar-refractivity contribution in [3.8, 4) is 0 Å². The van der Waals surface area contributed by atoms with Gasteiger partial charge in [-0.25, -0.2) is 9.55 Å². The van der Waals surface area contributed by atoms with Crippen LogP contribution in [0.15, 0.2) is 6.33 Å². The Morgan fingerprint density at radius 2 is 1.94 bits per heavy atom. The third-order valence-corrected chi connectivity index (χ3v) is 6.98.